The van der Waals surface area contributed by atoms with Gasteiger partial charge >= 0.3 is 0 Å². The number of thioether (sulfide) groups is 1. The van der Waals surface area contributed by atoms with Gasteiger partial charge in [-0.15, -0.1) is 5.10 Å². The lowest BCUT2D eigenvalue weighted by molar-refractivity contribution is -0.126. The van der Waals surface area contributed by atoms with Crippen molar-refractivity contribution in [2.24, 2.45) is 10.2 Å². The van der Waals surface area contributed by atoms with Crippen LogP contribution in [0.3, 0.4) is 0 Å². The lowest BCUT2D eigenvalue weighted by Gasteiger charge is -2.17. The van der Waals surface area contributed by atoms with Gasteiger partial charge in [0.1, 0.15) is 0 Å². The van der Waals surface area contributed by atoms with Crippen molar-refractivity contribution < 1.29 is 4.79 Å². The number of carbonyl (C=O) groups is 1. The van der Waals surface area contributed by atoms with E-state index < -0.39 is 0 Å². The van der Waals surface area contributed by atoms with Gasteiger partial charge in [-0.2, -0.15) is 5.10 Å². The summed E-state index contributed by atoms with van der Waals surface area (Å²) in [5.74, 6) is 0.106. The molecule has 0 spiro atoms. The highest BCUT2D eigenvalue weighted by atomic mass is 32.2. The van der Waals surface area contributed by atoms with Gasteiger partial charge in [0.2, 0.25) is 5.91 Å². The Balaban J connectivity index is 1.63. The number of hydrogen-bond donors (Lipinski definition) is 0. The second kappa shape index (κ2) is 8.40. The van der Waals surface area contributed by atoms with Crippen LogP contribution in [0.25, 0.3) is 10.8 Å². The van der Waals surface area contributed by atoms with Gasteiger partial charge in [-0.05, 0) is 28.3 Å². The highest BCUT2D eigenvalue weighted by molar-refractivity contribution is 8.15. The Bertz CT molecular complexity index is 1040. The molecular weight excluding hydrogens is 366 g/mol. The average molecular weight is 388 g/mol. The molecule has 0 aromatic heterocycles. The summed E-state index contributed by atoms with van der Waals surface area (Å²) in [6.45, 7) is 2.53. The van der Waals surface area contributed by atoms with Crippen molar-refractivity contribution in [3.63, 3.8) is 0 Å². The maximum Gasteiger partial charge on any atom is 0.242 e. The van der Waals surface area contributed by atoms with Crippen LogP contribution in [-0.2, 0) is 11.3 Å². The van der Waals surface area contributed by atoms with Crippen molar-refractivity contribution in [3.8, 4) is 0 Å². The summed E-state index contributed by atoms with van der Waals surface area (Å²) in [5, 5.41) is 11.5. The van der Waals surface area contributed by atoms with E-state index in [0.29, 0.717) is 11.7 Å². The highest BCUT2D eigenvalue weighted by Crippen LogP contribution is 2.32. The Morgan fingerprint density at radius 1 is 1.00 bits per heavy atom. The maximum absolute atomic E-state index is 12.9. The average Bonchev–Trinajstić information content (AvgIpc) is 3.04. The van der Waals surface area contributed by atoms with Crippen LogP contribution in [0.2, 0.25) is 0 Å². The van der Waals surface area contributed by atoms with Crippen molar-refractivity contribution >= 4 is 39.8 Å². The van der Waals surface area contributed by atoms with E-state index in [1.807, 2.05) is 55.5 Å². The Hall–Kier alpha value is -2.92. The first kappa shape index (κ1) is 18.4. The summed E-state index contributed by atoms with van der Waals surface area (Å²) in [6, 6.07) is 24.3. The van der Waals surface area contributed by atoms with Gasteiger partial charge in [0.05, 0.1) is 18.0 Å². The van der Waals surface area contributed by atoms with Crippen molar-refractivity contribution in [1.29, 1.82) is 0 Å². The fraction of sp³-hybridized carbons (Fsp3) is 0.174. The smallest absolute Gasteiger partial charge is 0.242 e. The topological polar surface area (TPSA) is 45.0 Å². The molecule has 4 rings (SSSR count). The molecule has 0 radical (unpaired) electrons. The summed E-state index contributed by atoms with van der Waals surface area (Å²) in [6.07, 6.45) is 2.49. The summed E-state index contributed by atoms with van der Waals surface area (Å²) in [7, 11) is 0. The molecule has 28 heavy (non-hydrogen) atoms. The third kappa shape index (κ3) is 3.85. The number of benzene rings is 3. The molecule has 5 heteroatoms. The molecule has 1 saturated heterocycles. The van der Waals surface area contributed by atoms with E-state index in [2.05, 4.69) is 34.5 Å². The first-order valence-corrected chi connectivity index (χ1v) is 10.2. The zero-order chi connectivity index (χ0) is 19.3. The largest absolute Gasteiger partial charge is 0.284 e. The second-order valence-electron chi connectivity index (χ2n) is 6.62. The number of carbonyl (C=O) groups excluding carboxylic acids is 1. The molecule has 0 bridgehead atoms. The molecule has 1 atom stereocenters. The third-order valence-electron chi connectivity index (χ3n) is 4.75. The van der Waals surface area contributed by atoms with Crippen LogP contribution in [0, 0.1) is 0 Å². The quantitative estimate of drug-likeness (QED) is 0.452. The lowest BCUT2D eigenvalue weighted by atomic mass is 10.0. The molecule has 0 N–H and O–H groups in total. The summed E-state index contributed by atoms with van der Waals surface area (Å²) >= 11 is 1.50. The van der Waals surface area contributed by atoms with Crippen LogP contribution >= 0.6 is 11.8 Å². The second-order valence-corrected chi connectivity index (χ2v) is 7.79. The van der Waals surface area contributed by atoms with Gasteiger partial charge in [-0.1, -0.05) is 91.5 Å². The molecule has 1 amide bonds. The van der Waals surface area contributed by atoms with Crippen LogP contribution in [0.5, 0.6) is 0 Å². The van der Waals surface area contributed by atoms with Crippen LogP contribution in [0.1, 0.15) is 24.5 Å². The zero-order valence-electron chi connectivity index (χ0n) is 15.7. The van der Waals surface area contributed by atoms with E-state index in [4.69, 9.17) is 0 Å². The van der Waals surface area contributed by atoms with Gasteiger partial charge < -0.3 is 0 Å². The first-order valence-electron chi connectivity index (χ1n) is 9.37. The SMILES string of the molecule is CC[C@H]1S/C(=N\N=C/c2ccccc2)N(Cc2cccc3ccccc23)C1=O. The minimum atomic E-state index is -0.0966. The molecule has 3 aromatic rings. The predicted molar refractivity (Wildman–Crippen MR) is 118 cm³/mol. The normalized spacial score (nSPS) is 18.6. The van der Waals surface area contributed by atoms with Gasteiger partial charge in [0, 0.05) is 0 Å². The molecule has 0 saturated carbocycles. The standard InChI is InChI=1S/C23H21N3OS/c1-2-21-22(27)26(16-19-13-8-12-18-11-6-7-14-20(18)19)23(28-21)25-24-15-17-9-4-3-5-10-17/h3-15,21H,2,16H2,1H3/b24-15-,25-23-/t21-/m1/s1. The Morgan fingerprint density at radius 2 is 1.75 bits per heavy atom. The molecular formula is C23H21N3OS. The fourth-order valence-corrected chi connectivity index (χ4v) is 4.30. The van der Waals surface area contributed by atoms with Gasteiger partial charge in [-0.25, -0.2) is 0 Å². The number of nitrogens with zero attached hydrogens (tertiary/aromatic N) is 3. The van der Waals surface area contributed by atoms with E-state index in [0.717, 1.165) is 22.9 Å². The Morgan fingerprint density at radius 3 is 2.57 bits per heavy atom. The van der Waals surface area contributed by atoms with Crippen molar-refractivity contribution in [3.05, 3.63) is 83.9 Å². The minimum absolute atomic E-state index is 0.0966. The highest BCUT2D eigenvalue weighted by Gasteiger charge is 2.37. The monoisotopic (exact) mass is 387 g/mol. The molecule has 0 unspecified atom stereocenters. The molecule has 1 aliphatic rings. The lowest BCUT2D eigenvalue weighted by Crippen LogP contribution is -2.31. The van der Waals surface area contributed by atoms with E-state index in [1.165, 1.54) is 17.1 Å². The summed E-state index contributed by atoms with van der Waals surface area (Å²) in [5.41, 5.74) is 2.09. The van der Waals surface area contributed by atoms with E-state index in [-0.39, 0.29) is 11.2 Å². The summed E-state index contributed by atoms with van der Waals surface area (Å²) < 4.78 is 0. The maximum atomic E-state index is 12.9. The fourth-order valence-electron chi connectivity index (χ4n) is 3.28. The number of hydrogen-bond acceptors (Lipinski definition) is 4. The van der Waals surface area contributed by atoms with Crippen molar-refractivity contribution in [2.75, 3.05) is 0 Å². The molecule has 3 aromatic carbocycles. The van der Waals surface area contributed by atoms with Gasteiger partial charge in [0.25, 0.3) is 0 Å². The van der Waals surface area contributed by atoms with Crippen LogP contribution in [0.4, 0.5) is 0 Å². The number of fused-ring (bicyclic) bond motifs is 1. The van der Waals surface area contributed by atoms with Crippen LogP contribution in [0.15, 0.2) is 83.0 Å². The van der Waals surface area contributed by atoms with Crippen molar-refractivity contribution in [2.45, 2.75) is 25.1 Å². The van der Waals surface area contributed by atoms with Gasteiger partial charge in [0.15, 0.2) is 5.17 Å². The Kier molecular flexibility index (Phi) is 5.53. The number of amidine groups is 1. The van der Waals surface area contributed by atoms with Crippen LogP contribution in [-0.4, -0.2) is 27.4 Å². The van der Waals surface area contributed by atoms with Crippen LogP contribution < -0.4 is 0 Å². The molecule has 140 valence electrons. The first-order chi connectivity index (χ1) is 13.8. The summed E-state index contributed by atoms with van der Waals surface area (Å²) in [4.78, 5) is 14.7. The number of amides is 1. The molecule has 0 aliphatic carbocycles. The molecule has 1 fully saturated rings. The third-order valence-corrected chi connectivity index (χ3v) is 6.08. The predicted octanol–water partition coefficient (Wildman–Crippen LogP) is 5.08. The van der Waals surface area contributed by atoms with E-state index in [1.54, 1.807) is 11.1 Å². The number of rotatable bonds is 5. The Labute approximate surface area is 169 Å². The van der Waals surface area contributed by atoms with E-state index >= 15 is 0 Å². The van der Waals surface area contributed by atoms with E-state index in [9.17, 15) is 4.79 Å². The van der Waals surface area contributed by atoms with Crippen molar-refractivity contribution in [1.82, 2.24) is 4.90 Å². The zero-order valence-corrected chi connectivity index (χ0v) is 16.5. The van der Waals surface area contributed by atoms with Gasteiger partial charge in [-0.3, -0.25) is 9.69 Å². The molecule has 1 heterocycles. The molecule has 1 aliphatic heterocycles. The minimum Gasteiger partial charge on any atom is -0.284 e. The molecule has 4 nitrogen and oxygen atoms in total.